The summed E-state index contributed by atoms with van der Waals surface area (Å²) in [7, 11) is 0. The molecule has 0 aliphatic carbocycles. The Kier molecular flexibility index (Phi) is 6.08. The van der Waals surface area contributed by atoms with Gasteiger partial charge in [-0.1, -0.05) is 12.6 Å². The fraction of sp³-hybridized carbons (Fsp3) is 0.308. The van der Waals surface area contributed by atoms with Crippen molar-refractivity contribution < 1.29 is 14.5 Å². The molecule has 0 aromatic heterocycles. The molecule has 0 unspecified atom stereocenters. The molecule has 102 valence electrons. The van der Waals surface area contributed by atoms with E-state index in [1.165, 1.54) is 18.2 Å². The number of rotatable bonds is 8. The van der Waals surface area contributed by atoms with Crippen LogP contribution < -0.4 is 10.1 Å². The van der Waals surface area contributed by atoms with E-state index in [1.807, 2.05) is 0 Å². The Labute approximate surface area is 111 Å². The molecule has 0 spiro atoms. The van der Waals surface area contributed by atoms with E-state index in [0.717, 1.165) is 12.8 Å². The molecule has 0 heterocycles. The number of carbonyl (C=O) groups excluding carboxylic acids is 1. The summed E-state index contributed by atoms with van der Waals surface area (Å²) in [5.41, 5.74) is 0.00995. The lowest BCUT2D eigenvalue weighted by Gasteiger charge is -2.06. The van der Waals surface area contributed by atoms with Crippen LogP contribution in [0.3, 0.4) is 0 Å². The van der Waals surface area contributed by atoms with Crippen molar-refractivity contribution in [2.45, 2.75) is 12.8 Å². The summed E-state index contributed by atoms with van der Waals surface area (Å²) in [5, 5.41) is 13.2. The highest BCUT2D eigenvalue weighted by Crippen LogP contribution is 2.19. The Bertz CT molecular complexity index is 460. The van der Waals surface area contributed by atoms with Crippen LogP contribution in [0.25, 0.3) is 0 Å². The van der Waals surface area contributed by atoms with Gasteiger partial charge < -0.3 is 10.1 Å². The normalized spacial score (nSPS) is 9.68. The number of carbonyl (C=O) groups is 1. The van der Waals surface area contributed by atoms with E-state index in [2.05, 4.69) is 11.9 Å². The zero-order valence-corrected chi connectivity index (χ0v) is 10.5. The van der Waals surface area contributed by atoms with E-state index < -0.39 is 4.92 Å². The third-order valence-electron chi connectivity index (χ3n) is 2.35. The molecule has 0 saturated carbocycles. The molecule has 0 fully saturated rings. The van der Waals surface area contributed by atoms with Gasteiger partial charge in [0, 0.05) is 12.6 Å². The maximum absolute atomic E-state index is 10.8. The highest BCUT2D eigenvalue weighted by molar-refractivity contribution is 5.86. The van der Waals surface area contributed by atoms with Gasteiger partial charge in [0.15, 0.2) is 0 Å². The highest BCUT2D eigenvalue weighted by Gasteiger charge is 2.05. The first-order valence-electron chi connectivity index (χ1n) is 5.91. The van der Waals surface area contributed by atoms with E-state index in [-0.39, 0.29) is 11.6 Å². The minimum atomic E-state index is -0.461. The van der Waals surface area contributed by atoms with Gasteiger partial charge in [0.05, 0.1) is 17.6 Å². The molecule has 1 rings (SSSR count). The van der Waals surface area contributed by atoms with Gasteiger partial charge in [-0.05, 0) is 25.0 Å². The number of hydrogen-bond acceptors (Lipinski definition) is 4. The molecule has 1 aromatic carbocycles. The SMILES string of the molecule is C=CC(=O)NCCCCOc1cccc([N+](=O)[O-])c1. The Balaban J connectivity index is 2.22. The molecular weight excluding hydrogens is 248 g/mol. The van der Waals surface area contributed by atoms with Crippen molar-refractivity contribution >= 4 is 11.6 Å². The van der Waals surface area contributed by atoms with E-state index in [1.54, 1.807) is 12.1 Å². The topological polar surface area (TPSA) is 81.5 Å². The first kappa shape index (κ1) is 14.7. The molecule has 0 saturated heterocycles. The summed E-state index contributed by atoms with van der Waals surface area (Å²) >= 11 is 0. The standard InChI is InChI=1S/C13H16N2O4/c1-2-13(16)14-8-3-4-9-19-12-7-5-6-11(10-12)15(17)18/h2,5-7,10H,1,3-4,8-9H2,(H,14,16). The zero-order chi connectivity index (χ0) is 14.1. The summed E-state index contributed by atoms with van der Waals surface area (Å²) in [5.74, 6) is 0.281. The summed E-state index contributed by atoms with van der Waals surface area (Å²) in [6.45, 7) is 4.35. The highest BCUT2D eigenvalue weighted by atomic mass is 16.6. The predicted molar refractivity (Wildman–Crippen MR) is 71.0 cm³/mol. The van der Waals surface area contributed by atoms with Crippen molar-refractivity contribution in [3.05, 3.63) is 47.0 Å². The minimum absolute atomic E-state index is 0.00995. The van der Waals surface area contributed by atoms with E-state index >= 15 is 0 Å². The summed E-state index contributed by atoms with van der Waals surface area (Å²) in [4.78, 5) is 20.9. The number of nitro benzene ring substituents is 1. The second kappa shape index (κ2) is 7.86. The molecule has 1 aromatic rings. The molecule has 0 aliphatic rings. The Morgan fingerprint density at radius 2 is 2.26 bits per heavy atom. The van der Waals surface area contributed by atoms with E-state index in [9.17, 15) is 14.9 Å². The van der Waals surface area contributed by atoms with Crippen LogP contribution in [0.15, 0.2) is 36.9 Å². The third-order valence-corrected chi connectivity index (χ3v) is 2.35. The fourth-order valence-electron chi connectivity index (χ4n) is 1.39. The molecule has 6 heteroatoms. The Morgan fingerprint density at radius 1 is 1.47 bits per heavy atom. The first-order valence-corrected chi connectivity index (χ1v) is 5.91. The number of non-ortho nitro benzene ring substituents is 1. The smallest absolute Gasteiger partial charge is 0.273 e. The van der Waals surface area contributed by atoms with Crippen molar-refractivity contribution in [3.63, 3.8) is 0 Å². The third kappa shape index (κ3) is 5.67. The second-order valence-corrected chi connectivity index (χ2v) is 3.81. The van der Waals surface area contributed by atoms with Crippen molar-refractivity contribution in [3.8, 4) is 5.75 Å². The van der Waals surface area contributed by atoms with Crippen LogP contribution in [0.5, 0.6) is 5.75 Å². The van der Waals surface area contributed by atoms with Gasteiger partial charge in [0.25, 0.3) is 5.69 Å². The lowest BCUT2D eigenvalue weighted by Crippen LogP contribution is -2.22. The van der Waals surface area contributed by atoms with Crippen LogP contribution in [0.2, 0.25) is 0 Å². The van der Waals surface area contributed by atoms with Crippen LogP contribution in [0.1, 0.15) is 12.8 Å². The van der Waals surface area contributed by atoms with Gasteiger partial charge in [-0.3, -0.25) is 14.9 Å². The summed E-state index contributed by atoms with van der Waals surface area (Å²) < 4.78 is 5.39. The summed E-state index contributed by atoms with van der Waals surface area (Å²) in [6.07, 6.45) is 2.74. The molecule has 0 bridgehead atoms. The summed E-state index contributed by atoms with van der Waals surface area (Å²) in [6, 6.07) is 6.06. The molecule has 19 heavy (non-hydrogen) atoms. The van der Waals surface area contributed by atoms with Gasteiger partial charge in [-0.2, -0.15) is 0 Å². The van der Waals surface area contributed by atoms with Crippen LogP contribution in [0, 0.1) is 10.1 Å². The zero-order valence-electron chi connectivity index (χ0n) is 10.5. The van der Waals surface area contributed by atoms with Crippen LogP contribution >= 0.6 is 0 Å². The number of nitro groups is 1. The number of nitrogens with zero attached hydrogens (tertiary/aromatic N) is 1. The van der Waals surface area contributed by atoms with Gasteiger partial charge in [-0.25, -0.2) is 0 Å². The van der Waals surface area contributed by atoms with Gasteiger partial charge in [0.2, 0.25) is 5.91 Å². The molecule has 0 atom stereocenters. The molecule has 0 radical (unpaired) electrons. The molecule has 1 amide bonds. The lowest BCUT2D eigenvalue weighted by atomic mass is 10.3. The van der Waals surface area contributed by atoms with Gasteiger partial charge in [-0.15, -0.1) is 0 Å². The van der Waals surface area contributed by atoms with Crippen molar-refractivity contribution in [1.29, 1.82) is 0 Å². The van der Waals surface area contributed by atoms with Crippen molar-refractivity contribution in [2.75, 3.05) is 13.2 Å². The molecular formula is C13H16N2O4. The van der Waals surface area contributed by atoms with Gasteiger partial charge in [0.1, 0.15) is 5.75 Å². The van der Waals surface area contributed by atoms with Gasteiger partial charge >= 0.3 is 0 Å². The quantitative estimate of drug-likeness (QED) is 0.337. The number of nitrogens with one attached hydrogen (secondary N) is 1. The Hall–Kier alpha value is -2.37. The van der Waals surface area contributed by atoms with Crippen molar-refractivity contribution in [1.82, 2.24) is 5.32 Å². The van der Waals surface area contributed by atoms with Crippen LogP contribution in [0.4, 0.5) is 5.69 Å². The number of amides is 1. The predicted octanol–water partition coefficient (Wildman–Crippen LogP) is 2.06. The largest absolute Gasteiger partial charge is 0.493 e. The van der Waals surface area contributed by atoms with Crippen molar-refractivity contribution in [2.24, 2.45) is 0 Å². The maximum atomic E-state index is 10.8. The number of unbranched alkanes of at least 4 members (excludes halogenated alkanes) is 1. The Morgan fingerprint density at radius 3 is 2.95 bits per heavy atom. The fourth-order valence-corrected chi connectivity index (χ4v) is 1.39. The first-order chi connectivity index (χ1) is 9.13. The van der Waals surface area contributed by atoms with Crippen LogP contribution in [-0.2, 0) is 4.79 Å². The second-order valence-electron chi connectivity index (χ2n) is 3.81. The molecule has 0 aliphatic heterocycles. The number of benzene rings is 1. The van der Waals surface area contributed by atoms with Crippen LogP contribution in [-0.4, -0.2) is 24.0 Å². The lowest BCUT2D eigenvalue weighted by molar-refractivity contribution is -0.384. The van der Waals surface area contributed by atoms with E-state index in [0.29, 0.717) is 18.9 Å². The average molecular weight is 264 g/mol. The number of ether oxygens (including phenoxy) is 1. The van der Waals surface area contributed by atoms with E-state index in [4.69, 9.17) is 4.74 Å². The monoisotopic (exact) mass is 264 g/mol. The average Bonchev–Trinajstić information content (AvgIpc) is 2.42. The molecule has 1 N–H and O–H groups in total. The maximum Gasteiger partial charge on any atom is 0.273 e. The molecule has 6 nitrogen and oxygen atoms in total. The number of hydrogen-bond donors (Lipinski definition) is 1. The minimum Gasteiger partial charge on any atom is -0.493 e.